The number of rotatable bonds is 6. The fourth-order valence-corrected chi connectivity index (χ4v) is 2.62. The second kappa shape index (κ2) is 8.89. The summed E-state index contributed by atoms with van der Waals surface area (Å²) in [4.78, 5) is 23.7. The lowest BCUT2D eigenvalue weighted by Gasteiger charge is -2.18. The molecule has 140 valence electrons. The first-order valence-electron chi connectivity index (χ1n) is 8.70. The van der Waals surface area contributed by atoms with Gasteiger partial charge < -0.3 is 19.5 Å². The third kappa shape index (κ3) is 5.34. The summed E-state index contributed by atoms with van der Waals surface area (Å²) >= 11 is 0. The van der Waals surface area contributed by atoms with Gasteiger partial charge in [0, 0.05) is 6.08 Å². The molecule has 0 spiro atoms. The maximum absolute atomic E-state index is 11.9. The molecule has 0 aliphatic carbocycles. The highest BCUT2D eigenvalue weighted by atomic mass is 16.6. The van der Waals surface area contributed by atoms with Gasteiger partial charge in [0.15, 0.2) is 18.1 Å². The SMILES string of the molecule is C[C@H](NC(=O)COC(=O)/C=C/c1ccc2c(c1)OCCO2)c1ccccc1. The minimum atomic E-state index is -0.590. The number of nitrogens with one attached hydrogen (secondary N) is 1. The van der Waals surface area contributed by atoms with Crippen molar-refractivity contribution in [1.29, 1.82) is 0 Å². The van der Waals surface area contributed by atoms with Gasteiger partial charge in [0.25, 0.3) is 5.91 Å². The Hall–Kier alpha value is -3.28. The third-order valence-electron chi connectivity index (χ3n) is 4.00. The number of carbonyl (C=O) groups is 2. The number of fused-ring (bicyclic) bond motifs is 1. The zero-order chi connectivity index (χ0) is 19.1. The van der Waals surface area contributed by atoms with Crippen molar-refractivity contribution in [2.75, 3.05) is 19.8 Å². The molecule has 0 saturated heterocycles. The van der Waals surface area contributed by atoms with E-state index >= 15 is 0 Å². The van der Waals surface area contributed by atoms with Crippen LogP contribution in [0.3, 0.4) is 0 Å². The van der Waals surface area contributed by atoms with Gasteiger partial charge in [0.1, 0.15) is 13.2 Å². The van der Waals surface area contributed by atoms with E-state index in [1.165, 1.54) is 6.08 Å². The van der Waals surface area contributed by atoms with Crippen LogP contribution in [-0.4, -0.2) is 31.7 Å². The van der Waals surface area contributed by atoms with Gasteiger partial charge >= 0.3 is 5.97 Å². The normalized spacial score (nSPS) is 13.8. The van der Waals surface area contributed by atoms with E-state index in [2.05, 4.69) is 5.32 Å². The largest absolute Gasteiger partial charge is 0.486 e. The first-order chi connectivity index (χ1) is 13.1. The molecule has 1 atom stereocenters. The first kappa shape index (κ1) is 18.5. The summed E-state index contributed by atoms with van der Waals surface area (Å²) in [5.74, 6) is 0.385. The van der Waals surface area contributed by atoms with E-state index in [9.17, 15) is 9.59 Å². The molecular weight excluding hydrogens is 346 g/mol. The van der Waals surface area contributed by atoms with Gasteiger partial charge in [-0.3, -0.25) is 4.79 Å². The third-order valence-corrected chi connectivity index (χ3v) is 4.00. The summed E-state index contributed by atoms with van der Waals surface area (Å²) in [7, 11) is 0. The Bertz CT molecular complexity index is 832. The van der Waals surface area contributed by atoms with Crippen molar-refractivity contribution >= 4 is 18.0 Å². The highest BCUT2D eigenvalue weighted by Crippen LogP contribution is 2.31. The fourth-order valence-electron chi connectivity index (χ4n) is 2.62. The molecule has 3 rings (SSSR count). The summed E-state index contributed by atoms with van der Waals surface area (Å²) in [6.07, 6.45) is 2.88. The van der Waals surface area contributed by atoms with E-state index in [1.54, 1.807) is 18.2 Å². The summed E-state index contributed by atoms with van der Waals surface area (Å²) in [6, 6.07) is 14.8. The van der Waals surface area contributed by atoms with E-state index in [0.29, 0.717) is 24.7 Å². The average Bonchev–Trinajstić information content (AvgIpc) is 2.71. The molecule has 0 fully saturated rings. The zero-order valence-electron chi connectivity index (χ0n) is 15.0. The second-order valence-electron chi connectivity index (χ2n) is 6.04. The molecule has 27 heavy (non-hydrogen) atoms. The predicted molar refractivity (Wildman–Crippen MR) is 100 cm³/mol. The van der Waals surface area contributed by atoms with Crippen LogP contribution < -0.4 is 14.8 Å². The maximum atomic E-state index is 11.9. The molecule has 1 aliphatic rings. The van der Waals surface area contributed by atoms with E-state index in [4.69, 9.17) is 14.2 Å². The molecule has 1 heterocycles. The zero-order valence-corrected chi connectivity index (χ0v) is 15.0. The first-order valence-corrected chi connectivity index (χ1v) is 8.70. The van der Waals surface area contributed by atoms with Crippen LogP contribution in [0.2, 0.25) is 0 Å². The van der Waals surface area contributed by atoms with Crippen LogP contribution in [0.4, 0.5) is 0 Å². The van der Waals surface area contributed by atoms with Crippen LogP contribution in [-0.2, 0) is 14.3 Å². The number of esters is 1. The lowest BCUT2D eigenvalue weighted by molar-refractivity contribution is -0.144. The quantitative estimate of drug-likeness (QED) is 0.628. The number of hydrogen-bond acceptors (Lipinski definition) is 5. The summed E-state index contributed by atoms with van der Waals surface area (Å²) in [6.45, 7) is 2.57. The predicted octanol–water partition coefficient (Wildman–Crippen LogP) is 2.89. The Morgan fingerprint density at radius 3 is 2.63 bits per heavy atom. The summed E-state index contributed by atoms with van der Waals surface area (Å²) in [5, 5.41) is 2.79. The van der Waals surface area contributed by atoms with Gasteiger partial charge in [-0.1, -0.05) is 36.4 Å². The Balaban J connectivity index is 1.46. The second-order valence-corrected chi connectivity index (χ2v) is 6.04. The number of ether oxygens (including phenoxy) is 3. The Kier molecular flexibility index (Phi) is 6.10. The molecular formula is C21H21NO5. The molecule has 2 aromatic carbocycles. The summed E-state index contributed by atoms with van der Waals surface area (Å²) in [5.41, 5.74) is 1.76. The van der Waals surface area contributed by atoms with Crippen LogP contribution >= 0.6 is 0 Å². The minimum Gasteiger partial charge on any atom is -0.486 e. The molecule has 0 aromatic heterocycles. The molecule has 2 aromatic rings. The molecule has 1 aliphatic heterocycles. The molecule has 0 saturated carbocycles. The van der Waals surface area contributed by atoms with Crippen LogP contribution in [0.5, 0.6) is 11.5 Å². The van der Waals surface area contributed by atoms with Gasteiger partial charge in [0.2, 0.25) is 0 Å². The smallest absolute Gasteiger partial charge is 0.331 e. The highest BCUT2D eigenvalue weighted by molar-refractivity contribution is 5.89. The number of benzene rings is 2. The molecule has 0 unspecified atom stereocenters. The minimum absolute atomic E-state index is 0.161. The highest BCUT2D eigenvalue weighted by Gasteiger charge is 2.12. The maximum Gasteiger partial charge on any atom is 0.331 e. The lowest BCUT2D eigenvalue weighted by Crippen LogP contribution is -2.30. The lowest BCUT2D eigenvalue weighted by atomic mass is 10.1. The fraction of sp³-hybridized carbons (Fsp3) is 0.238. The van der Waals surface area contributed by atoms with Crippen LogP contribution in [0.25, 0.3) is 6.08 Å². The number of hydrogen-bond donors (Lipinski definition) is 1. The van der Waals surface area contributed by atoms with Crippen molar-refractivity contribution < 1.29 is 23.8 Å². The topological polar surface area (TPSA) is 73.9 Å². The van der Waals surface area contributed by atoms with Crippen molar-refractivity contribution in [3.05, 3.63) is 65.7 Å². The van der Waals surface area contributed by atoms with Crippen LogP contribution in [0.15, 0.2) is 54.6 Å². The van der Waals surface area contributed by atoms with Gasteiger partial charge in [-0.25, -0.2) is 4.79 Å². The Morgan fingerprint density at radius 2 is 1.85 bits per heavy atom. The molecule has 0 radical (unpaired) electrons. The van der Waals surface area contributed by atoms with Gasteiger partial charge in [-0.05, 0) is 36.3 Å². The van der Waals surface area contributed by atoms with Crippen LogP contribution in [0, 0.1) is 0 Å². The van der Waals surface area contributed by atoms with Gasteiger partial charge in [-0.15, -0.1) is 0 Å². The van der Waals surface area contributed by atoms with Crippen molar-refractivity contribution in [3.8, 4) is 11.5 Å². The van der Waals surface area contributed by atoms with Crippen LogP contribution in [0.1, 0.15) is 24.1 Å². The Labute approximate surface area is 157 Å². The van der Waals surface area contributed by atoms with Crippen molar-refractivity contribution in [1.82, 2.24) is 5.32 Å². The standard InChI is InChI=1S/C21H21NO5/c1-15(17-5-3-2-4-6-17)22-20(23)14-27-21(24)10-8-16-7-9-18-19(13-16)26-12-11-25-18/h2-10,13,15H,11-12,14H2,1H3,(H,22,23)/b10-8+/t15-/m0/s1. The molecule has 6 heteroatoms. The molecule has 6 nitrogen and oxygen atoms in total. The molecule has 0 bridgehead atoms. The van der Waals surface area contributed by atoms with E-state index in [1.807, 2.05) is 43.3 Å². The molecule has 1 amide bonds. The van der Waals surface area contributed by atoms with E-state index in [0.717, 1.165) is 11.1 Å². The van der Waals surface area contributed by atoms with E-state index in [-0.39, 0.29) is 18.6 Å². The average molecular weight is 367 g/mol. The number of carbonyl (C=O) groups excluding carboxylic acids is 2. The molecule has 1 N–H and O–H groups in total. The van der Waals surface area contributed by atoms with E-state index < -0.39 is 5.97 Å². The summed E-state index contributed by atoms with van der Waals surface area (Å²) < 4.78 is 15.9. The van der Waals surface area contributed by atoms with Crippen molar-refractivity contribution in [3.63, 3.8) is 0 Å². The van der Waals surface area contributed by atoms with Crippen molar-refractivity contribution in [2.24, 2.45) is 0 Å². The Morgan fingerprint density at radius 1 is 1.11 bits per heavy atom. The monoisotopic (exact) mass is 367 g/mol. The van der Waals surface area contributed by atoms with Gasteiger partial charge in [0.05, 0.1) is 6.04 Å². The van der Waals surface area contributed by atoms with Crippen molar-refractivity contribution in [2.45, 2.75) is 13.0 Å². The number of amides is 1. The van der Waals surface area contributed by atoms with Gasteiger partial charge in [-0.2, -0.15) is 0 Å².